The number of hydrogen-bond acceptors (Lipinski definition) is 3. The van der Waals surface area contributed by atoms with Crippen LogP contribution in [0.2, 0.25) is 0 Å². The zero-order valence-electron chi connectivity index (χ0n) is 12.5. The van der Waals surface area contributed by atoms with Crippen molar-refractivity contribution >= 4 is 39.2 Å². The fraction of sp³-hybridized carbons (Fsp3) is 0.125. The molecule has 0 saturated heterocycles. The maximum atomic E-state index is 12.8. The van der Waals surface area contributed by atoms with Gasteiger partial charge in [-0.3, -0.25) is 15.6 Å². The lowest BCUT2D eigenvalue weighted by Gasteiger charge is -2.12. The first-order valence-corrected chi connectivity index (χ1v) is 8.18. The van der Waals surface area contributed by atoms with E-state index in [1.54, 1.807) is 24.3 Å². The standard InChI is InChI=1S/C16H15BrFN3O2S/c17-12-2-1-3-14(8-12)23-10-15(22)20-21-16(24)19-9-11-4-6-13(18)7-5-11/h1-8H,9-10H2,(H,20,22)(H2,19,21,24). The number of amides is 1. The lowest BCUT2D eigenvalue weighted by Crippen LogP contribution is -2.48. The second kappa shape index (κ2) is 9.19. The van der Waals surface area contributed by atoms with Gasteiger partial charge in [0.25, 0.3) is 5.91 Å². The summed E-state index contributed by atoms with van der Waals surface area (Å²) < 4.78 is 19.0. The molecule has 1 amide bonds. The molecule has 0 heterocycles. The molecule has 0 spiro atoms. The molecule has 0 aliphatic rings. The van der Waals surface area contributed by atoms with Gasteiger partial charge in [0.1, 0.15) is 11.6 Å². The molecule has 0 aliphatic heterocycles. The number of carbonyl (C=O) groups is 1. The SMILES string of the molecule is O=C(COc1cccc(Br)c1)NNC(=S)NCc1ccc(F)cc1. The van der Waals surface area contributed by atoms with Crippen molar-refractivity contribution in [3.8, 4) is 5.75 Å². The van der Waals surface area contributed by atoms with E-state index < -0.39 is 0 Å². The third kappa shape index (κ3) is 6.51. The molecular formula is C16H15BrFN3O2S. The third-order valence-electron chi connectivity index (χ3n) is 2.85. The smallest absolute Gasteiger partial charge is 0.276 e. The number of ether oxygens (including phenoxy) is 1. The molecule has 0 aliphatic carbocycles. The fourth-order valence-electron chi connectivity index (χ4n) is 1.70. The molecule has 2 aromatic rings. The van der Waals surface area contributed by atoms with Crippen molar-refractivity contribution in [2.75, 3.05) is 6.61 Å². The maximum Gasteiger partial charge on any atom is 0.276 e. The number of nitrogens with one attached hydrogen (secondary N) is 3. The van der Waals surface area contributed by atoms with Gasteiger partial charge < -0.3 is 10.1 Å². The van der Waals surface area contributed by atoms with Gasteiger partial charge in [0.2, 0.25) is 0 Å². The predicted octanol–water partition coefficient (Wildman–Crippen LogP) is 2.66. The van der Waals surface area contributed by atoms with Gasteiger partial charge in [-0.15, -0.1) is 0 Å². The summed E-state index contributed by atoms with van der Waals surface area (Å²) in [5.74, 6) is -0.0883. The van der Waals surface area contributed by atoms with Crippen molar-refractivity contribution in [3.05, 3.63) is 64.4 Å². The highest BCUT2D eigenvalue weighted by Gasteiger charge is 2.04. The summed E-state index contributed by atoms with van der Waals surface area (Å²) in [4.78, 5) is 11.7. The monoisotopic (exact) mass is 411 g/mol. The molecule has 8 heteroatoms. The minimum absolute atomic E-state index is 0.149. The molecule has 2 aromatic carbocycles. The van der Waals surface area contributed by atoms with E-state index in [1.165, 1.54) is 12.1 Å². The van der Waals surface area contributed by atoms with Crippen LogP contribution in [0.4, 0.5) is 4.39 Å². The van der Waals surface area contributed by atoms with Crippen molar-refractivity contribution in [3.63, 3.8) is 0 Å². The molecule has 0 aromatic heterocycles. The quantitative estimate of drug-likeness (QED) is 0.521. The first kappa shape index (κ1) is 18.2. The molecule has 5 nitrogen and oxygen atoms in total. The molecule has 0 bridgehead atoms. The average Bonchev–Trinajstić information content (AvgIpc) is 2.57. The van der Waals surface area contributed by atoms with E-state index in [2.05, 4.69) is 32.1 Å². The Balaban J connectivity index is 1.65. The van der Waals surface area contributed by atoms with Crippen molar-refractivity contribution in [1.82, 2.24) is 16.2 Å². The van der Waals surface area contributed by atoms with Crippen molar-refractivity contribution in [2.45, 2.75) is 6.54 Å². The van der Waals surface area contributed by atoms with E-state index >= 15 is 0 Å². The summed E-state index contributed by atoms with van der Waals surface area (Å²) in [6, 6.07) is 13.2. The van der Waals surface area contributed by atoms with Crippen LogP contribution in [-0.4, -0.2) is 17.6 Å². The van der Waals surface area contributed by atoms with Crippen molar-refractivity contribution in [1.29, 1.82) is 0 Å². The Bertz CT molecular complexity index is 713. The topological polar surface area (TPSA) is 62.4 Å². The molecule has 126 valence electrons. The number of rotatable bonds is 5. The first-order chi connectivity index (χ1) is 11.5. The van der Waals surface area contributed by atoms with Gasteiger partial charge in [-0.05, 0) is 48.1 Å². The van der Waals surface area contributed by atoms with E-state index in [9.17, 15) is 9.18 Å². The first-order valence-electron chi connectivity index (χ1n) is 6.98. The number of thiocarbonyl (C=S) groups is 1. The van der Waals surface area contributed by atoms with Crippen LogP contribution in [-0.2, 0) is 11.3 Å². The van der Waals surface area contributed by atoms with Crippen LogP contribution >= 0.6 is 28.1 Å². The Kier molecular flexibility index (Phi) is 6.95. The number of hydrazine groups is 1. The minimum Gasteiger partial charge on any atom is -0.484 e. The number of halogens is 2. The second-order valence-electron chi connectivity index (χ2n) is 4.73. The van der Waals surface area contributed by atoms with Gasteiger partial charge in [-0.2, -0.15) is 0 Å². The zero-order chi connectivity index (χ0) is 17.4. The lowest BCUT2D eigenvalue weighted by molar-refractivity contribution is -0.123. The Labute approximate surface area is 152 Å². The number of hydrogen-bond donors (Lipinski definition) is 3. The van der Waals surface area contributed by atoms with E-state index in [1.807, 2.05) is 12.1 Å². The van der Waals surface area contributed by atoms with E-state index in [0.29, 0.717) is 12.3 Å². The van der Waals surface area contributed by atoms with Crippen LogP contribution in [0.1, 0.15) is 5.56 Å². The Hall–Kier alpha value is -2.19. The molecule has 3 N–H and O–H groups in total. The van der Waals surface area contributed by atoms with Gasteiger partial charge in [0.05, 0.1) is 0 Å². The van der Waals surface area contributed by atoms with E-state index in [0.717, 1.165) is 10.0 Å². The highest BCUT2D eigenvalue weighted by atomic mass is 79.9. The molecule has 24 heavy (non-hydrogen) atoms. The molecular weight excluding hydrogens is 397 g/mol. The lowest BCUT2D eigenvalue weighted by atomic mass is 10.2. The van der Waals surface area contributed by atoms with Crippen LogP contribution in [0.3, 0.4) is 0 Å². The van der Waals surface area contributed by atoms with Crippen molar-refractivity contribution in [2.24, 2.45) is 0 Å². The Morgan fingerprint density at radius 1 is 1.17 bits per heavy atom. The van der Waals surface area contributed by atoms with Crippen molar-refractivity contribution < 1.29 is 13.9 Å². The normalized spacial score (nSPS) is 9.92. The highest BCUT2D eigenvalue weighted by molar-refractivity contribution is 9.10. The molecule has 0 fully saturated rings. The summed E-state index contributed by atoms with van der Waals surface area (Å²) in [6.07, 6.45) is 0. The average molecular weight is 412 g/mol. The van der Waals surface area contributed by atoms with Crippen LogP contribution in [0.15, 0.2) is 53.0 Å². The van der Waals surface area contributed by atoms with Gasteiger partial charge in [-0.1, -0.05) is 34.1 Å². The summed E-state index contributed by atoms with van der Waals surface area (Å²) in [5.41, 5.74) is 5.86. The van der Waals surface area contributed by atoms with E-state index in [-0.39, 0.29) is 23.4 Å². The summed E-state index contributed by atoms with van der Waals surface area (Å²) in [7, 11) is 0. The van der Waals surface area contributed by atoms with Crippen LogP contribution in [0.5, 0.6) is 5.75 Å². The van der Waals surface area contributed by atoms with Gasteiger partial charge >= 0.3 is 0 Å². The summed E-state index contributed by atoms with van der Waals surface area (Å²) >= 11 is 8.35. The van der Waals surface area contributed by atoms with Gasteiger partial charge in [0.15, 0.2) is 11.7 Å². The number of carbonyl (C=O) groups excluding carboxylic acids is 1. The molecule has 0 radical (unpaired) electrons. The molecule has 0 saturated carbocycles. The highest BCUT2D eigenvalue weighted by Crippen LogP contribution is 2.17. The van der Waals surface area contributed by atoms with Gasteiger partial charge in [0, 0.05) is 11.0 Å². The largest absolute Gasteiger partial charge is 0.484 e. The summed E-state index contributed by atoms with van der Waals surface area (Å²) in [5, 5.41) is 3.14. The fourth-order valence-corrected chi connectivity index (χ4v) is 2.20. The maximum absolute atomic E-state index is 12.8. The molecule has 2 rings (SSSR count). The molecule has 0 atom stereocenters. The van der Waals surface area contributed by atoms with E-state index in [4.69, 9.17) is 17.0 Å². The molecule has 0 unspecified atom stereocenters. The predicted molar refractivity (Wildman–Crippen MR) is 96.8 cm³/mol. The Morgan fingerprint density at radius 3 is 2.62 bits per heavy atom. The van der Waals surface area contributed by atoms with Gasteiger partial charge in [-0.25, -0.2) is 4.39 Å². The van der Waals surface area contributed by atoms with Crippen LogP contribution < -0.4 is 20.9 Å². The van der Waals surface area contributed by atoms with Crippen LogP contribution in [0.25, 0.3) is 0 Å². The Morgan fingerprint density at radius 2 is 1.92 bits per heavy atom. The van der Waals surface area contributed by atoms with Crippen LogP contribution in [0, 0.1) is 5.82 Å². The zero-order valence-corrected chi connectivity index (χ0v) is 14.9. The second-order valence-corrected chi connectivity index (χ2v) is 6.05. The third-order valence-corrected chi connectivity index (χ3v) is 3.59. The number of benzene rings is 2. The minimum atomic E-state index is -0.374. The summed E-state index contributed by atoms with van der Waals surface area (Å²) in [6.45, 7) is 0.264.